The molecule has 1 aromatic heterocycles. The van der Waals surface area contributed by atoms with E-state index in [0.717, 1.165) is 4.88 Å². The Morgan fingerprint density at radius 2 is 2.13 bits per heavy atom. The molecule has 1 heterocycles. The molecule has 0 bridgehead atoms. The molecule has 0 aliphatic carbocycles. The molecule has 0 spiro atoms. The molecule has 1 atom stereocenters. The van der Waals surface area contributed by atoms with Crippen LogP contribution in [0.25, 0.3) is 0 Å². The van der Waals surface area contributed by atoms with E-state index in [0.29, 0.717) is 0 Å². The standard InChI is InChI=1S/C11H17NO2S/c1-11(2,3)9-5-4-8(15-9)7(12)6-10(13)14/h4-5,7H,6,12H2,1-3H3,(H,13,14). The van der Waals surface area contributed by atoms with Gasteiger partial charge in [0.1, 0.15) is 0 Å². The van der Waals surface area contributed by atoms with Crippen molar-refractivity contribution in [2.75, 3.05) is 0 Å². The van der Waals surface area contributed by atoms with Crippen molar-refractivity contribution in [2.45, 2.75) is 38.6 Å². The summed E-state index contributed by atoms with van der Waals surface area (Å²) in [5, 5.41) is 8.64. The Hall–Kier alpha value is -0.870. The summed E-state index contributed by atoms with van der Waals surface area (Å²) in [6.07, 6.45) is -0.00983. The number of rotatable bonds is 3. The van der Waals surface area contributed by atoms with Crippen LogP contribution in [0.15, 0.2) is 12.1 Å². The number of nitrogens with two attached hydrogens (primary N) is 1. The molecule has 0 aliphatic rings. The first kappa shape index (κ1) is 12.2. The van der Waals surface area contributed by atoms with Gasteiger partial charge in [-0.2, -0.15) is 0 Å². The Labute approximate surface area is 93.9 Å². The second kappa shape index (κ2) is 4.33. The lowest BCUT2D eigenvalue weighted by molar-refractivity contribution is -0.137. The largest absolute Gasteiger partial charge is 0.481 e. The summed E-state index contributed by atoms with van der Waals surface area (Å²) in [6.45, 7) is 6.39. The van der Waals surface area contributed by atoms with Crippen molar-refractivity contribution in [3.8, 4) is 0 Å². The molecule has 3 nitrogen and oxygen atoms in total. The zero-order chi connectivity index (χ0) is 11.6. The van der Waals surface area contributed by atoms with Gasteiger partial charge < -0.3 is 10.8 Å². The lowest BCUT2D eigenvalue weighted by Gasteiger charge is -2.15. The van der Waals surface area contributed by atoms with Crippen molar-refractivity contribution in [3.05, 3.63) is 21.9 Å². The third kappa shape index (κ3) is 3.32. The SMILES string of the molecule is CC(C)(C)c1ccc(C(N)CC(=O)O)s1. The maximum atomic E-state index is 10.5. The first-order valence-electron chi connectivity index (χ1n) is 4.88. The molecular formula is C11H17NO2S. The maximum Gasteiger partial charge on any atom is 0.305 e. The minimum absolute atomic E-state index is 0.00983. The Bertz CT molecular complexity index is 352. The summed E-state index contributed by atoms with van der Waals surface area (Å²) in [4.78, 5) is 12.7. The molecule has 0 aliphatic heterocycles. The summed E-state index contributed by atoms with van der Waals surface area (Å²) in [7, 11) is 0. The number of hydrogen-bond donors (Lipinski definition) is 2. The Morgan fingerprint density at radius 3 is 2.53 bits per heavy atom. The third-order valence-electron chi connectivity index (χ3n) is 2.13. The van der Waals surface area contributed by atoms with E-state index in [1.807, 2.05) is 12.1 Å². The fourth-order valence-electron chi connectivity index (χ4n) is 1.24. The van der Waals surface area contributed by atoms with Crippen molar-refractivity contribution in [1.82, 2.24) is 0 Å². The zero-order valence-corrected chi connectivity index (χ0v) is 10.1. The van der Waals surface area contributed by atoms with Gasteiger partial charge in [0.05, 0.1) is 6.42 Å². The van der Waals surface area contributed by atoms with Crippen molar-refractivity contribution >= 4 is 17.3 Å². The average molecular weight is 227 g/mol. The van der Waals surface area contributed by atoms with Gasteiger partial charge in [0, 0.05) is 15.8 Å². The molecule has 0 amide bonds. The highest BCUT2D eigenvalue weighted by molar-refractivity contribution is 7.12. The monoisotopic (exact) mass is 227 g/mol. The number of carboxylic acid groups (broad SMARTS) is 1. The summed E-state index contributed by atoms with van der Waals surface area (Å²) in [5.41, 5.74) is 5.89. The smallest absolute Gasteiger partial charge is 0.305 e. The summed E-state index contributed by atoms with van der Waals surface area (Å²) >= 11 is 1.60. The molecule has 0 saturated carbocycles. The van der Waals surface area contributed by atoms with Crippen molar-refractivity contribution in [1.29, 1.82) is 0 Å². The van der Waals surface area contributed by atoms with E-state index in [1.165, 1.54) is 4.88 Å². The molecule has 0 fully saturated rings. The Kier molecular flexibility index (Phi) is 3.52. The van der Waals surface area contributed by atoms with Crippen LogP contribution in [0.3, 0.4) is 0 Å². The summed E-state index contributed by atoms with van der Waals surface area (Å²) < 4.78 is 0. The van der Waals surface area contributed by atoms with E-state index >= 15 is 0 Å². The van der Waals surface area contributed by atoms with Gasteiger partial charge >= 0.3 is 5.97 Å². The highest BCUT2D eigenvalue weighted by Crippen LogP contribution is 2.32. The first-order valence-corrected chi connectivity index (χ1v) is 5.70. The van der Waals surface area contributed by atoms with Gasteiger partial charge in [0.2, 0.25) is 0 Å². The van der Waals surface area contributed by atoms with Crippen LogP contribution >= 0.6 is 11.3 Å². The van der Waals surface area contributed by atoms with Gasteiger partial charge in [-0.15, -0.1) is 11.3 Å². The molecule has 1 aromatic rings. The molecule has 0 radical (unpaired) electrons. The fourth-order valence-corrected chi connectivity index (χ4v) is 2.31. The predicted molar refractivity (Wildman–Crippen MR) is 62.2 cm³/mol. The van der Waals surface area contributed by atoms with Crippen LogP contribution in [-0.4, -0.2) is 11.1 Å². The lowest BCUT2D eigenvalue weighted by Crippen LogP contribution is -2.13. The number of hydrogen-bond acceptors (Lipinski definition) is 3. The normalized spacial score (nSPS) is 13.9. The topological polar surface area (TPSA) is 63.3 Å². The van der Waals surface area contributed by atoms with Crippen molar-refractivity contribution in [3.63, 3.8) is 0 Å². The molecular weight excluding hydrogens is 210 g/mol. The van der Waals surface area contributed by atoms with Crippen LogP contribution in [0.2, 0.25) is 0 Å². The minimum Gasteiger partial charge on any atom is -0.481 e. The Morgan fingerprint density at radius 1 is 1.53 bits per heavy atom. The van der Waals surface area contributed by atoms with E-state index in [-0.39, 0.29) is 17.9 Å². The predicted octanol–water partition coefficient (Wildman–Crippen LogP) is 2.52. The van der Waals surface area contributed by atoms with E-state index in [1.54, 1.807) is 11.3 Å². The van der Waals surface area contributed by atoms with Gasteiger partial charge in [-0.3, -0.25) is 4.79 Å². The van der Waals surface area contributed by atoms with Crippen LogP contribution in [-0.2, 0) is 10.2 Å². The quantitative estimate of drug-likeness (QED) is 0.834. The number of thiophene rings is 1. The van der Waals surface area contributed by atoms with Crippen LogP contribution in [0.4, 0.5) is 0 Å². The van der Waals surface area contributed by atoms with E-state index in [2.05, 4.69) is 20.8 Å². The van der Waals surface area contributed by atoms with Crippen molar-refractivity contribution < 1.29 is 9.90 Å². The van der Waals surface area contributed by atoms with E-state index < -0.39 is 5.97 Å². The molecule has 0 aromatic carbocycles. The maximum absolute atomic E-state index is 10.5. The molecule has 1 unspecified atom stereocenters. The van der Waals surface area contributed by atoms with Gasteiger partial charge in [-0.05, 0) is 17.5 Å². The van der Waals surface area contributed by atoms with Gasteiger partial charge in [-0.25, -0.2) is 0 Å². The van der Waals surface area contributed by atoms with Crippen LogP contribution in [0.1, 0.15) is 43.0 Å². The summed E-state index contributed by atoms with van der Waals surface area (Å²) in [6, 6.07) is 3.57. The Balaban J connectivity index is 2.80. The third-order valence-corrected chi connectivity index (χ3v) is 3.77. The lowest BCUT2D eigenvalue weighted by atomic mass is 9.95. The van der Waals surface area contributed by atoms with Gasteiger partial charge in [0.15, 0.2) is 0 Å². The highest BCUT2D eigenvalue weighted by Gasteiger charge is 2.19. The summed E-state index contributed by atoms with van der Waals surface area (Å²) in [5.74, 6) is -0.854. The van der Waals surface area contributed by atoms with Crippen LogP contribution < -0.4 is 5.73 Å². The van der Waals surface area contributed by atoms with E-state index in [9.17, 15) is 4.79 Å². The molecule has 15 heavy (non-hydrogen) atoms. The number of carboxylic acids is 1. The average Bonchev–Trinajstić information content (AvgIpc) is 2.48. The molecule has 0 saturated heterocycles. The van der Waals surface area contributed by atoms with Crippen LogP contribution in [0.5, 0.6) is 0 Å². The molecule has 4 heteroatoms. The molecule has 3 N–H and O–H groups in total. The second-order valence-electron chi connectivity index (χ2n) is 4.66. The molecule has 1 rings (SSSR count). The second-order valence-corrected chi connectivity index (χ2v) is 5.77. The number of carbonyl (C=O) groups is 1. The number of aliphatic carboxylic acids is 1. The van der Waals surface area contributed by atoms with Gasteiger partial charge in [0.25, 0.3) is 0 Å². The minimum atomic E-state index is -0.854. The fraction of sp³-hybridized carbons (Fsp3) is 0.545. The van der Waals surface area contributed by atoms with E-state index in [4.69, 9.17) is 10.8 Å². The zero-order valence-electron chi connectivity index (χ0n) is 9.28. The van der Waals surface area contributed by atoms with Crippen molar-refractivity contribution in [2.24, 2.45) is 5.73 Å². The van der Waals surface area contributed by atoms with Gasteiger partial charge in [-0.1, -0.05) is 20.8 Å². The highest BCUT2D eigenvalue weighted by atomic mass is 32.1. The first-order chi connectivity index (χ1) is 6.80. The molecule has 84 valence electrons. The van der Waals surface area contributed by atoms with Crippen LogP contribution in [0, 0.1) is 0 Å².